The molecule has 0 amide bonds. The molecule has 0 saturated carbocycles. The molecule has 22 heavy (non-hydrogen) atoms. The Balaban J connectivity index is 2.39. The molecule has 0 bridgehead atoms. The number of hydrogen-bond acceptors (Lipinski definition) is 4. The quantitative estimate of drug-likeness (QED) is 0.836. The van der Waals surface area contributed by atoms with Crippen molar-refractivity contribution in [2.45, 2.75) is 52.7 Å². The Hall–Kier alpha value is -1.96. The molecular weight excluding hydrogens is 280 g/mol. The van der Waals surface area contributed by atoms with Gasteiger partial charge in [0.05, 0.1) is 0 Å². The SMILES string of the molecule is Cc1cc(C(C)(O)C#CC(C)(O)c2cc(C)oc2C)c(C)o1. The van der Waals surface area contributed by atoms with Gasteiger partial charge in [-0.3, -0.25) is 0 Å². The summed E-state index contributed by atoms with van der Waals surface area (Å²) in [4.78, 5) is 0. The van der Waals surface area contributed by atoms with Crippen molar-refractivity contribution in [1.29, 1.82) is 0 Å². The van der Waals surface area contributed by atoms with Crippen molar-refractivity contribution in [2.24, 2.45) is 0 Å². The fourth-order valence-corrected chi connectivity index (χ4v) is 2.61. The summed E-state index contributed by atoms with van der Waals surface area (Å²) >= 11 is 0. The average molecular weight is 302 g/mol. The number of rotatable bonds is 2. The fourth-order valence-electron chi connectivity index (χ4n) is 2.61. The summed E-state index contributed by atoms with van der Waals surface area (Å²) in [5, 5.41) is 21.2. The third-order valence-electron chi connectivity index (χ3n) is 3.68. The predicted molar refractivity (Wildman–Crippen MR) is 83.3 cm³/mol. The molecule has 0 radical (unpaired) electrons. The van der Waals surface area contributed by atoms with E-state index in [9.17, 15) is 10.2 Å². The summed E-state index contributed by atoms with van der Waals surface area (Å²) in [7, 11) is 0. The van der Waals surface area contributed by atoms with E-state index in [1.165, 1.54) is 0 Å². The maximum atomic E-state index is 10.6. The summed E-state index contributed by atoms with van der Waals surface area (Å²) in [6, 6.07) is 3.51. The number of aliphatic hydroxyl groups is 2. The highest BCUT2D eigenvalue weighted by Gasteiger charge is 2.29. The largest absolute Gasteiger partial charge is 0.466 e. The first kappa shape index (κ1) is 16.4. The Morgan fingerprint density at radius 1 is 0.773 bits per heavy atom. The van der Waals surface area contributed by atoms with E-state index in [0.29, 0.717) is 34.2 Å². The van der Waals surface area contributed by atoms with E-state index in [-0.39, 0.29) is 0 Å². The third kappa shape index (κ3) is 3.11. The van der Waals surface area contributed by atoms with Crippen LogP contribution >= 0.6 is 0 Å². The molecule has 0 spiro atoms. The van der Waals surface area contributed by atoms with Gasteiger partial charge >= 0.3 is 0 Å². The van der Waals surface area contributed by atoms with Crippen molar-refractivity contribution >= 4 is 0 Å². The van der Waals surface area contributed by atoms with Gasteiger partial charge in [0.25, 0.3) is 0 Å². The minimum Gasteiger partial charge on any atom is -0.466 e. The Morgan fingerprint density at radius 3 is 1.32 bits per heavy atom. The smallest absolute Gasteiger partial charge is 0.151 e. The van der Waals surface area contributed by atoms with Crippen LogP contribution in [0.1, 0.15) is 48.0 Å². The summed E-state index contributed by atoms with van der Waals surface area (Å²) < 4.78 is 10.9. The van der Waals surface area contributed by atoms with Gasteiger partial charge in [0, 0.05) is 11.1 Å². The van der Waals surface area contributed by atoms with E-state index in [4.69, 9.17) is 8.83 Å². The van der Waals surface area contributed by atoms with Crippen molar-refractivity contribution in [3.8, 4) is 11.8 Å². The van der Waals surface area contributed by atoms with Crippen LogP contribution in [0.15, 0.2) is 21.0 Å². The average Bonchev–Trinajstić information content (AvgIpc) is 2.90. The minimum absolute atomic E-state index is 0.605. The Labute approximate surface area is 130 Å². The molecule has 118 valence electrons. The van der Waals surface area contributed by atoms with Gasteiger partial charge in [0.15, 0.2) is 11.2 Å². The second-order valence-corrected chi connectivity index (χ2v) is 6.05. The topological polar surface area (TPSA) is 66.7 Å². The molecule has 2 atom stereocenters. The summed E-state index contributed by atoms with van der Waals surface area (Å²) in [6.07, 6.45) is 0. The van der Waals surface area contributed by atoms with Gasteiger partial charge in [0.2, 0.25) is 0 Å². The predicted octanol–water partition coefficient (Wildman–Crippen LogP) is 3.22. The van der Waals surface area contributed by atoms with Gasteiger partial charge in [-0.15, -0.1) is 0 Å². The maximum absolute atomic E-state index is 10.6. The van der Waals surface area contributed by atoms with Crippen LogP contribution in [0.5, 0.6) is 0 Å². The standard InChI is InChI=1S/C18H22O4/c1-11-9-15(13(3)21-11)17(5,19)7-8-18(6,20)16-10-12(2)22-14(16)4/h9-10,19-20H,1-6H3. The second-order valence-electron chi connectivity index (χ2n) is 6.05. The zero-order valence-corrected chi connectivity index (χ0v) is 13.9. The van der Waals surface area contributed by atoms with Crippen LogP contribution in [0.4, 0.5) is 0 Å². The number of aryl methyl sites for hydroxylation is 4. The summed E-state index contributed by atoms with van der Waals surface area (Å²) in [5.74, 6) is 8.17. The molecule has 0 aromatic carbocycles. The van der Waals surface area contributed by atoms with Crippen molar-refractivity contribution in [3.05, 3.63) is 46.3 Å². The lowest BCUT2D eigenvalue weighted by atomic mass is 9.92. The van der Waals surface area contributed by atoms with E-state index >= 15 is 0 Å². The zero-order valence-electron chi connectivity index (χ0n) is 13.9. The highest BCUT2D eigenvalue weighted by Crippen LogP contribution is 2.29. The molecule has 2 rings (SSSR count). The van der Waals surface area contributed by atoms with E-state index in [2.05, 4.69) is 11.8 Å². The van der Waals surface area contributed by atoms with Gasteiger partial charge < -0.3 is 19.0 Å². The van der Waals surface area contributed by atoms with Crippen LogP contribution in [0.3, 0.4) is 0 Å². The molecule has 0 aliphatic heterocycles. The zero-order chi connectivity index (χ0) is 16.7. The lowest BCUT2D eigenvalue weighted by molar-refractivity contribution is 0.108. The molecule has 0 aliphatic rings. The van der Waals surface area contributed by atoms with E-state index < -0.39 is 11.2 Å². The van der Waals surface area contributed by atoms with E-state index in [1.54, 1.807) is 39.8 Å². The first-order valence-corrected chi connectivity index (χ1v) is 7.17. The van der Waals surface area contributed by atoms with Crippen LogP contribution in [-0.4, -0.2) is 10.2 Å². The van der Waals surface area contributed by atoms with Gasteiger partial charge in [-0.05, 0) is 53.7 Å². The lowest BCUT2D eigenvalue weighted by Gasteiger charge is -2.19. The van der Waals surface area contributed by atoms with Gasteiger partial charge in [-0.2, -0.15) is 0 Å². The Morgan fingerprint density at radius 2 is 1.09 bits per heavy atom. The molecule has 4 nitrogen and oxygen atoms in total. The van der Waals surface area contributed by atoms with Crippen LogP contribution in [0.25, 0.3) is 0 Å². The minimum atomic E-state index is -1.40. The van der Waals surface area contributed by atoms with Crippen molar-refractivity contribution in [2.75, 3.05) is 0 Å². The van der Waals surface area contributed by atoms with Crippen LogP contribution < -0.4 is 0 Å². The second kappa shape index (κ2) is 5.35. The summed E-state index contributed by atoms with van der Waals surface area (Å²) in [5.41, 5.74) is -1.60. The molecule has 0 saturated heterocycles. The molecule has 4 heteroatoms. The van der Waals surface area contributed by atoms with Crippen LogP contribution in [-0.2, 0) is 11.2 Å². The Kier molecular flexibility index (Phi) is 3.99. The molecule has 2 N–H and O–H groups in total. The monoisotopic (exact) mass is 302 g/mol. The molecule has 2 aromatic heterocycles. The van der Waals surface area contributed by atoms with Gasteiger partial charge in [0.1, 0.15) is 23.0 Å². The van der Waals surface area contributed by atoms with Gasteiger partial charge in [-0.25, -0.2) is 0 Å². The summed E-state index contributed by atoms with van der Waals surface area (Å²) in [6.45, 7) is 10.4. The van der Waals surface area contributed by atoms with Crippen molar-refractivity contribution < 1.29 is 19.0 Å². The molecule has 2 unspecified atom stereocenters. The molecular formula is C18H22O4. The fraction of sp³-hybridized carbons (Fsp3) is 0.444. The third-order valence-corrected chi connectivity index (χ3v) is 3.68. The highest BCUT2D eigenvalue weighted by atomic mass is 16.3. The van der Waals surface area contributed by atoms with E-state index in [1.807, 2.05) is 13.8 Å². The molecule has 2 aromatic rings. The number of furan rings is 2. The van der Waals surface area contributed by atoms with Crippen LogP contribution in [0.2, 0.25) is 0 Å². The van der Waals surface area contributed by atoms with E-state index in [0.717, 1.165) is 0 Å². The van der Waals surface area contributed by atoms with Gasteiger partial charge in [-0.1, -0.05) is 11.8 Å². The first-order valence-electron chi connectivity index (χ1n) is 7.17. The van der Waals surface area contributed by atoms with Crippen molar-refractivity contribution in [3.63, 3.8) is 0 Å². The highest BCUT2D eigenvalue weighted by molar-refractivity contribution is 5.39. The normalized spacial score (nSPS) is 16.5. The first-order chi connectivity index (χ1) is 10.0. The number of hydrogen-bond donors (Lipinski definition) is 2. The molecule has 2 heterocycles. The molecule has 0 fully saturated rings. The van der Waals surface area contributed by atoms with Crippen LogP contribution in [0, 0.1) is 39.5 Å². The maximum Gasteiger partial charge on any atom is 0.151 e. The Bertz CT molecular complexity index is 686. The molecule has 0 aliphatic carbocycles. The lowest BCUT2D eigenvalue weighted by Crippen LogP contribution is -2.23. The van der Waals surface area contributed by atoms with Crippen molar-refractivity contribution in [1.82, 2.24) is 0 Å².